The summed E-state index contributed by atoms with van der Waals surface area (Å²) in [5.74, 6) is -0.112. The van der Waals surface area contributed by atoms with Gasteiger partial charge in [-0.15, -0.1) is 0 Å². The van der Waals surface area contributed by atoms with Crippen molar-refractivity contribution in [2.75, 3.05) is 21.3 Å². The normalized spacial score (nSPS) is 17.0. The van der Waals surface area contributed by atoms with Gasteiger partial charge in [-0.05, 0) is 41.5 Å². The van der Waals surface area contributed by atoms with E-state index in [1.165, 1.54) is 19.1 Å². The summed E-state index contributed by atoms with van der Waals surface area (Å²) in [7, 11) is 4.58. The third-order valence-corrected chi connectivity index (χ3v) is 5.82. The average Bonchev–Trinajstić information content (AvgIpc) is 3.13. The molecule has 0 bridgehead atoms. The molecule has 0 aromatic heterocycles. The molecule has 3 aromatic rings. The van der Waals surface area contributed by atoms with Crippen molar-refractivity contribution >= 4 is 17.4 Å². The Kier molecular flexibility index (Phi) is 6.54. The smallest absolute Gasteiger partial charge is 0.295 e. The summed E-state index contributed by atoms with van der Waals surface area (Å²) in [6, 6.07) is 20.5. The highest BCUT2D eigenvalue weighted by Crippen LogP contribution is 2.41. The van der Waals surface area contributed by atoms with E-state index in [0.717, 1.165) is 11.1 Å². The molecule has 1 unspecified atom stereocenters. The first-order valence-electron chi connectivity index (χ1n) is 10.7. The highest BCUT2D eigenvalue weighted by Gasteiger charge is 2.46. The highest BCUT2D eigenvalue weighted by atomic mass is 16.5. The van der Waals surface area contributed by atoms with Crippen molar-refractivity contribution in [3.05, 3.63) is 95.1 Å². The minimum atomic E-state index is -0.753. The van der Waals surface area contributed by atoms with Gasteiger partial charge in [0.25, 0.3) is 11.7 Å². The van der Waals surface area contributed by atoms with Crippen molar-refractivity contribution in [1.82, 2.24) is 4.90 Å². The first-order chi connectivity index (χ1) is 16.5. The number of carbonyl (C=O) groups is 2. The van der Waals surface area contributed by atoms with Crippen LogP contribution in [0.5, 0.6) is 17.2 Å². The quantitative estimate of drug-likeness (QED) is 0.322. The molecular weight excluding hydrogens is 434 g/mol. The van der Waals surface area contributed by atoms with Crippen LogP contribution in [0.25, 0.3) is 5.76 Å². The van der Waals surface area contributed by atoms with E-state index < -0.39 is 17.7 Å². The van der Waals surface area contributed by atoms with Crippen molar-refractivity contribution in [3.63, 3.8) is 0 Å². The molecule has 0 saturated carbocycles. The SMILES string of the molecule is COc1ccc(CN2C(=O)C(=O)/C(=C(\O)c3ccc(OC)c(OC)c3)C2c2ccccc2)cc1. The lowest BCUT2D eigenvalue weighted by Gasteiger charge is -2.25. The van der Waals surface area contributed by atoms with Gasteiger partial charge in [-0.25, -0.2) is 0 Å². The second-order valence-corrected chi connectivity index (χ2v) is 7.76. The molecule has 1 N–H and O–H groups in total. The van der Waals surface area contributed by atoms with Gasteiger partial charge < -0.3 is 24.2 Å². The van der Waals surface area contributed by atoms with Crippen LogP contribution in [0.15, 0.2) is 78.4 Å². The fourth-order valence-corrected chi connectivity index (χ4v) is 4.09. The number of rotatable bonds is 7. The van der Waals surface area contributed by atoms with Gasteiger partial charge >= 0.3 is 0 Å². The van der Waals surface area contributed by atoms with Gasteiger partial charge in [-0.1, -0.05) is 42.5 Å². The number of benzene rings is 3. The second-order valence-electron chi connectivity index (χ2n) is 7.76. The summed E-state index contributed by atoms with van der Waals surface area (Å²) < 4.78 is 15.8. The Labute approximate surface area is 197 Å². The Morgan fingerprint density at radius 1 is 0.853 bits per heavy atom. The molecule has 1 heterocycles. The molecule has 1 amide bonds. The molecule has 1 saturated heterocycles. The number of aliphatic hydroxyl groups excluding tert-OH is 1. The van der Waals surface area contributed by atoms with Crippen molar-refractivity contribution < 1.29 is 28.9 Å². The maximum atomic E-state index is 13.2. The summed E-state index contributed by atoms with van der Waals surface area (Å²) in [5, 5.41) is 11.2. The maximum absolute atomic E-state index is 13.2. The monoisotopic (exact) mass is 459 g/mol. The minimum absolute atomic E-state index is 0.0249. The van der Waals surface area contributed by atoms with Crippen molar-refractivity contribution in [3.8, 4) is 17.2 Å². The van der Waals surface area contributed by atoms with Crippen LogP contribution in [0, 0.1) is 0 Å². The van der Waals surface area contributed by atoms with E-state index in [4.69, 9.17) is 14.2 Å². The molecule has 1 fully saturated rings. The largest absolute Gasteiger partial charge is 0.507 e. The Bertz CT molecular complexity index is 1230. The van der Waals surface area contributed by atoms with Crippen LogP contribution in [0.4, 0.5) is 0 Å². The molecule has 7 heteroatoms. The van der Waals surface area contributed by atoms with Gasteiger partial charge in [0, 0.05) is 12.1 Å². The van der Waals surface area contributed by atoms with E-state index in [1.54, 1.807) is 37.4 Å². The summed E-state index contributed by atoms with van der Waals surface area (Å²) in [6.07, 6.45) is 0. The van der Waals surface area contributed by atoms with Gasteiger partial charge in [0.1, 0.15) is 11.5 Å². The summed E-state index contributed by atoms with van der Waals surface area (Å²) in [4.78, 5) is 27.8. The molecule has 1 aliphatic heterocycles. The second kappa shape index (κ2) is 9.70. The number of aliphatic hydroxyl groups is 1. The number of Topliss-reactive ketones (excluding diaryl/α,β-unsaturated/α-hetero) is 1. The minimum Gasteiger partial charge on any atom is -0.507 e. The molecule has 7 nitrogen and oxygen atoms in total. The molecule has 0 aliphatic carbocycles. The van der Waals surface area contributed by atoms with Gasteiger partial charge in [0.2, 0.25) is 0 Å². The standard InChI is InChI=1S/C27H25NO6/c1-32-20-12-9-17(10-13-20)16-28-24(18-7-5-4-6-8-18)23(26(30)27(28)31)25(29)19-11-14-21(33-2)22(15-19)34-3/h4-15,24,29H,16H2,1-3H3/b25-23-. The number of methoxy groups -OCH3 is 3. The van der Waals surface area contributed by atoms with E-state index >= 15 is 0 Å². The Balaban J connectivity index is 1.82. The zero-order valence-electron chi connectivity index (χ0n) is 19.1. The molecule has 0 radical (unpaired) electrons. The van der Waals surface area contributed by atoms with Crippen LogP contribution in [0.2, 0.25) is 0 Å². The van der Waals surface area contributed by atoms with E-state index in [9.17, 15) is 14.7 Å². The topological polar surface area (TPSA) is 85.3 Å². The lowest BCUT2D eigenvalue weighted by molar-refractivity contribution is -0.140. The number of carbonyl (C=O) groups excluding carboxylic acids is 2. The van der Waals surface area contributed by atoms with Gasteiger partial charge in [-0.2, -0.15) is 0 Å². The van der Waals surface area contributed by atoms with Crippen LogP contribution >= 0.6 is 0 Å². The Morgan fingerprint density at radius 2 is 1.53 bits per heavy atom. The lowest BCUT2D eigenvalue weighted by Crippen LogP contribution is -2.29. The van der Waals surface area contributed by atoms with Crippen molar-refractivity contribution in [2.24, 2.45) is 0 Å². The third-order valence-electron chi connectivity index (χ3n) is 5.82. The number of nitrogens with zero attached hydrogens (tertiary/aromatic N) is 1. The summed E-state index contributed by atoms with van der Waals surface area (Å²) in [5.41, 5.74) is 1.92. The van der Waals surface area contributed by atoms with E-state index in [2.05, 4.69) is 0 Å². The molecule has 174 valence electrons. The van der Waals surface area contributed by atoms with E-state index in [-0.39, 0.29) is 17.9 Å². The molecule has 1 atom stereocenters. The van der Waals surface area contributed by atoms with Crippen LogP contribution in [0.3, 0.4) is 0 Å². The van der Waals surface area contributed by atoms with Gasteiger partial charge in [0.15, 0.2) is 11.5 Å². The van der Waals surface area contributed by atoms with Gasteiger partial charge in [-0.3, -0.25) is 9.59 Å². The lowest BCUT2D eigenvalue weighted by atomic mass is 9.95. The zero-order chi connectivity index (χ0) is 24.2. The Hall–Kier alpha value is -4.26. The Morgan fingerprint density at radius 3 is 2.15 bits per heavy atom. The first kappa shape index (κ1) is 22.9. The number of amides is 1. The number of likely N-dealkylation sites (tertiary alicyclic amines) is 1. The maximum Gasteiger partial charge on any atom is 0.295 e. The van der Waals surface area contributed by atoms with Gasteiger partial charge in [0.05, 0.1) is 32.9 Å². The number of hydrogen-bond donors (Lipinski definition) is 1. The zero-order valence-corrected chi connectivity index (χ0v) is 19.1. The average molecular weight is 459 g/mol. The predicted molar refractivity (Wildman–Crippen MR) is 127 cm³/mol. The molecule has 3 aromatic carbocycles. The molecule has 1 aliphatic rings. The highest BCUT2D eigenvalue weighted by molar-refractivity contribution is 6.46. The fourth-order valence-electron chi connectivity index (χ4n) is 4.09. The molecule has 34 heavy (non-hydrogen) atoms. The summed E-state index contributed by atoms with van der Waals surface area (Å²) >= 11 is 0. The van der Waals surface area contributed by atoms with Crippen molar-refractivity contribution in [2.45, 2.75) is 12.6 Å². The molecule has 0 spiro atoms. The number of ether oxygens (including phenoxy) is 3. The van der Waals surface area contributed by atoms with Crippen LogP contribution in [0.1, 0.15) is 22.7 Å². The van der Waals surface area contributed by atoms with Crippen LogP contribution in [-0.2, 0) is 16.1 Å². The summed E-state index contributed by atoms with van der Waals surface area (Å²) in [6.45, 7) is 0.191. The first-order valence-corrected chi connectivity index (χ1v) is 10.7. The predicted octanol–water partition coefficient (Wildman–Crippen LogP) is 4.33. The van der Waals surface area contributed by atoms with E-state index in [0.29, 0.717) is 22.8 Å². The fraction of sp³-hybridized carbons (Fsp3) is 0.185. The molecular formula is C27H25NO6. The number of ketones is 1. The van der Waals surface area contributed by atoms with E-state index in [1.807, 2.05) is 42.5 Å². The number of hydrogen-bond acceptors (Lipinski definition) is 6. The molecule has 4 rings (SSSR count). The van der Waals surface area contributed by atoms with Crippen LogP contribution < -0.4 is 14.2 Å². The van der Waals surface area contributed by atoms with Crippen molar-refractivity contribution in [1.29, 1.82) is 0 Å². The van der Waals surface area contributed by atoms with Crippen LogP contribution in [-0.4, -0.2) is 43.0 Å². The third kappa shape index (κ3) is 4.20.